The fraction of sp³-hybridized carbons (Fsp3) is 0.167. The van der Waals surface area contributed by atoms with Crippen molar-refractivity contribution in [3.8, 4) is 5.75 Å². The summed E-state index contributed by atoms with van der Waals surface area (Å²) in [6.07, 6.45) is 0. The molecule has 0 unspecified atom stereocenters. The van der Waals surface area contributed by atoms with Gasteiger partial charge in [0.15, 0.2) is 5.16 Å². The summed E-state index contributed by atoms with van der Waals surface area (Å²) in [4.78, 5) is 22.4. The molecule has 0 spiro atoms. The van der Waals surface area contributed by atoms with E-state index in [1.807, 2.05) is 79.8 Å². The minimum Gasteiger partial charge on any atom is -0.497 e. The van der Waals surface area contributed by atoms with Gasteiger partial charge in [0.25, 0.3) is 5.91 Å². The third-order valence-electron chi connectivity index (χ3n) is 4.87. The monoisotopic (exact) mass is 417 g/mol. The number of rotatable bonds is 7. The fourth-order valence-corrected chi connectivity index (χ4v) is 4.03. The highest BCUT2D eigenvalue weighted by Crippen LogP contribution is 2.23. The van der Waals surface area contributed by atoms with Crippen molar-refractivity contribution in [1.29, 1.82) is 0 Å². The number of ether oxygens (including phenoxy) is 1. The number of imidazole rings is 1. The third kappa shape index (κ3) is 4.66. The molecule has 4 aromatic rings. The molecule has 30 heavy (non-hydrogen) atoms. The van der Waals surface area contributed by atoms with Gasteiger partial charge < -0.3 is 14.6 Å². The Bertz CT molecular complexity index is 1100. The van der Waals surface area contributed by atoms with Crippen LogP contribution in [0.5, 0.6) is 5.75 Å². The summed E-state index contributed by atoms with van der Waals surface area (Å²) < 4.78 is 5.18. The van der Waals surface area contributed by atoms with Gasteiger partial charge in [-0.15, -0.1) is 0 Å². The SMILES string of the molecule is COc1ccc(CN(C)C(=O)c2ccc(CSc3nc4ccccc4[nH]3)cc2)cc1. The van der Waals surface area contributed by atoms with Crippen LogP contribution in [0.15, 0.2) is 78.0 Å². The minimum absolute atomic E-state index is 0.00213. The van der Waals surface area contributed by atoms with Gasteiger partial charge in [0.2, 0.25) is 0 Å². The lowest BCUT2D eigenvalue weighted by molar-refractivity contribution is 0.0785. The number of hydrogen-bond acceptors (Lipinski definition) is 4. The Morgan fingerprint density at radius 3 is 2.40 bits per heavy atom. The summed E-state index contributed by atoms with van der Waals surface area (Å²) in [6.45, 7) is 0.548. The topological polar surface area (TPSA) is 58.2 Å². The van der Waals surface area contributed by atoms with Crippen LogP contribution < -0.4 is 4.74 Å². The molecule has 5 nitrogen and oxygen atoms in total. The number of benzene rings is 3. The Morgan fingerprint density at radius 1 is 1.00 bits per heavy atom. The molecule has 152 valence electrons. The van der Waals surface area contributed by atoms with Crippen molar-refractivity contribution in [3.63, 3.8) is 0 Å². The van der Waals surface area contributed by atoms with E-state index in [0.717, 1.165) is 38.8 Å². The largest absolute Gasteiger partial charge is 0.497 e. The van der Waals surface area contributed by atoms with E-state index in [2.05, 4.69) is 9.97 Å². The second kappa shape index (κ2) is 9.05. The van der Waals surface area contributed by atoms with Gasteiger partial charge in [-0.1, -0.05) is 48.2 Å². The normalized spacial score (nSPS) is 10.9. The lowest BCUT2D eigenvalue weighted by Crippen LogP contribution is -2.26. The quantitative estimate of drug-likeness (QED) is 0.423. The maximum Gasteiger partial charge on any atom is 0.253 e. The van der Waals surface area contributed by atoms with Gasteiger partial charge in [-0.3, -0.25) is 4.79 Å². The first-order valence-corrected chi connectivity index (χ1v) is 10.7. The first-order valence-electron chi connectivity index (χ1n) is 9.67. The van der Waals surface area contributed by atoms with E-state index in [1.54, 1.807) is 23.8 Å². The average molecular weight is 418 g/mol. The Morgan fingerprint density at radius 2 is 1.70 bits per heavy atom. The van der Waals surface area contributed by atoms with Crippen molar-refractivity contribution in [2.24, 2.45) is 0 Å². The summed E-state index contributed by atoms with van der Waals surface area (Å²) in [7, 11) is 3.46. The first kappa shape index (κ1) is 20.0. The molecule has 0 saturated carbocycles. The van der Waals surface area contributed by atoms with E-state index in [0.29, 0.717) is 12.1 Å². The van der Waals surface area contributed by atoms with Crippen LogP contribution in [0.25, 0.3) is 11.0 Å². The van der Waals surface area contributed by atoms with Gasteiger partial charge in [-0.05, 0) is 47.5 Å². The van der Waals surface area contributed by atoms with E-state index < -0.39 is 0 Å². The molecule has 3 aromatic carbocycles. The number of nitrogens with one attached hydrogen (secondary N) is 1. The molecule has 6 heteroatoms. The van der Waals surface area contributed by atoms with Crippen molar-refractivity contribution in [2.45, 2.75) is 17.5 Å². The molecule has 1 heterocycles. The van der Waals surface area contributed by atoms with Gasteiger partial charge in [0.1, 0.15) is 5.75 Å². The van der Waals surface area contributed by atoms with Crippen LogP contribution in [-0.2, 0) is 12.3 Å². The predicted molar refractivity (Wildman–Crippen MR) is 121 cm³/mol. The second-order valence-electron chi connectivity index (χ2n) is 7.05. The summed E-state index contributed by atoms with van der Waals surface area (Å²) in [5.41, 5.74) is 4.91. The van der Waals surface area contributed by atoms with E-state index in [-0.39, 0.29) is 5.91 Å². The number of fused-ring (bicyclic) bond motifs is 1. The summed E-state index contributed by atoms with van der Waals surface area (Å²) in [5, 5.41) is 0.899. The van der Waals surface area contributed by atoms with Crippen LogP contribution in [0, 0.1) is 0 Å². The zero-order valence-electron chi connectivity index (χ0n) is 17.0. The number of nitrogens with zero attached hydrogens (tertiary/aromatic N) is 2. The average Bonchev–Trinajstić information content (AvgIpc) is 3.21. The molecule has 0 bridgehead atoms. The zero-order chi connectivity index (χ0) is 20.9. The lowest BCUT2D eigenvalue weighted by atomic mass is 10.1. The van der Waals surface area contributed by atoms with Gasteiger partial charge >= 0.3 is 0 Å². The number of carbonyl (C=O) groups is 1. The predicted octanol–water partition coefficient (Wildman–Crippen LogP) is 5.14. The molecule has 0 aliphatic carbocycles. The molecule has 0 radical (unpaired) electrons. The molecule has 1 N–H and O–H groups in total. The minimum atomic E-state index is 0.00213. The Labute approximate surface area is 180 Å². The number of para-hydroxylation sites is 2. The molecule has 0 atom stereocenters. The van der Waals surface area contributed by atoms with E-state index >= 15 is 0 Å². The third-order valence-corrected chi connectivity index (χ3v) is 5.81. The highest BCUT2D eigenvalue weighted by molar-refractivity contribution is 7.98. The molecule has 4 rings (SSSR count). The molecule has 0 aliphatic heterocycles. The van der Waals surface area contributed by atoms with Crippen LogP contribution >= 0.6 is 11.8 Å². The molecule has 0 aliphatic rings. The Hall–Kier alpha value is -3.25. The highest BCUT2D eigenvalue weighted by atomic mass is 32.2. The van der Waals surface area contributed by atoms with E-state index in [9.17, 15) is 4.79 Å². The van der Waals surface area contributed by atoms with Crippen molar-refractivity contribution in [3.05, 3.63) is 89.5 Å². The number of amides is 1. The van der Waals surface area contributed by atoms with Crippen LogP contribution in [-0.4, -0.2) is 34.9 Å². The van der Waals surface area contributed by atoms with Gasteiger partial charge in [0, 0.05) is 24.9 Å². The number of methoxy groups -OCH3 is 1. The molecule has 0 saturated heterocycles. The fourth-order valence-electron chi connectivity index (χ4n) is 3.19. The van der Waals surface area contributed by atoms with Gasteiger partial charge in [-0.25, -0.2) is 4.98 Å². The van der Waals surface area contributed by atoms with E-state index in [1.165, 1.54) is 0 Å². The molecule has 0 fully saturated rings. The summed E-state index contributed by atoms with van der Waals surface area (Å²) in [5.74, 6) is 1.60. The van der Waals surface area contributed by atoms with Crippen molar-refractivity contribution >= 4 is 28.7 Å². The summed E-state index contributed by atoms with van der Waals surface area (Å²) in [6, 6.07) is 23.5. The molecular weight excluding hydrogens is 394 g/mol. The van der Waals surface area contributed by atoms with Crippen LogP contribution in [0.2, 0.25) is 0 Å². The number of aromatic amines is 1. The first-order chi connectivity index (χ1) is 14.6. The van der Waals surface area contributed by atoms with Crippen molar-refractivity contribution in [2.75, 3.05) is 14.2 Å². The Balaban J connectivity index is 1.35. The van der Waals surface area contributed by atoms with E-state index in [4.69, 9.17) is 4.74 Å². The van der Waals surface area contributed by atoms with Crippen LogP contribution in [0.1, 0.15) is 21.5 Å². The van der Waals surface area contributed by atoms with Crippen LogP contribution in [0.4, 0.5) is 0 Å². The standard InChI is InChI=1S/C24H23N3O2S/c1-27(15-17-9-13-20(29-2)14-10-17)23(28)19-11-7-18(8-12-19)16-30-24-25-21-5-3-4-6-22(21)26-24/h3-14H,15-16H2,1-2H3,(H,25,26). The number of aromatic nitrogens is 2. The maximum absolute atomic E-state index is 12.7. The highest BCUT2D eigenvalue weighted by Gasteiger charge is 2.12. The van der Waals surface area contributed by atoms with Gasteiger partial charge in [0.05, 0.1) is 18.1 Å². The number of H-pyrrole nitrogens is 1. The number of carbonyl (C=O) groups excluding carboxylic acids is 1. The lowest BCUT2D eigenvalue weighted by Gasteiger charge is -2.17. The van der Waals surface area contributed by atoms with Crippen molar-refractivity contribution in [1.82, 2.24) is 14.9 Å². The van der Waals surface area contributed by atoms with Crippen molar-refractivity contribution < 1.29 is 9.53 Å². The summed E-state index contributed by atoms with van der Waals surface area (Å²) >= 11 is 1.65. The molecular formula is C24H23N3O2S. The number of thioether (sulfide) groups is 1. The van der Waals surface area contributed by atoms with Gasteiger partial charge in [-0.2, -0.15) is 0 Å². The molecule has 1 amide bonds. The smallest absolute Gasteiger partial charge is 0.253 e. The zero-order valence-corrected chi connectivity index (χ0v) is 17.8. The Kier molecular flexibility index (Phi) is 6.05. The number of hydrogen-bond donors (Lipinski definition) is 1. The maximum atomic E-state index is 12.7. The molecule has 1 aromatic heterocycles. The second-order valence-corrected chi connectivity index (χ2v) is 8.02. The van der Waals surface area contributed by atoms with Crippen LogP contribution in [0.3, 0.4) is 0 Å².